The third-order valence-electron chi connectivity index (χ3n) is 12.7. The maximum atomic E-state index is 6.28. The Labute approximate surface area is 412 Å². The van der Waals surface area contributed by atoms with Gasteiger partial charge in [0.05, 0.1) is 22.4 Å². The second-order valence-corrected chi connectivity index (χ2v) is 18.1. The summed E-state index contributed by atoms with van der Waals surface area (Å²) < 4.78 is 0. The molecule has 2 aliphatic rings. The lowest BCUT2D eigenvalue weighted by atomic mass is 10.0. The number of fused-ring (bicyclic) bond motifs is 2. The molecule has 2 saturated heterocycles. The highest BCUT2D eigenvalue weighted by molar-refractivity contribution is 6.31. The zero-order valence-corrected chi connectivity index (χ0v) is 40.3. The monoisotopic (exact) mass is 954 g/mol. The molecular weight excluding hydrogens is 898 g/mol. The lowest BCUT2D eigenvalue weighted by Gasteiger charge is -2.32. The molecule has 6 aromatic carbocycles. The fraction of sp³-hybridized carbons (Fsp3) is 0.250. The molecule has 0 spiro atoms. The van der Waals surface area contributed by atoms with Gasteiger partial charge in [-0.05, 0) is 111 Å². The van der Waals surface area contributed by atoms with Gasteiger partial charge in [-0.3, -0.25) is 9.80 Å². The standard InChI is InChI=1S/2C28H28ClN3.2ClH/c2*29-24-11-12-26-23(17-27(31-28(26)18-24)22-9-5-2-6-10-22)19-30-25-13-15-32(16-14-25)20-21-7-3-1-4-8-21;;/h2*1-12,17-18,25,30H,13-16,19-20H2;2*1H. The number of nitrogens with one attached hydrogen (secondary N) is 2. The minimum atomic E-state index is 0. The van der Waals surface area contributed by atoms with Gasteiger partial charge in [-0.15, -0.1) is 24.8 Å². The Hall–Kier alpha value is -4.86. The number of hydrogen-bond donors (Lipinski definition) is 2. The van der Waals surface area contributed by atoms with Gasteiger partial charge in [0, 0.05) is 70.2 Å². The Morgan fingerprint density at radius 3 is 1.15 bits per heavy atom. The number of likely N-dealkylation sites (tertiary alicyclic amines) is 2. The van der Waals surface area contributed by atoms with Crippen LogP contribution in [0.3, 0.4) is 0 Å². The highest BCUT2D eigenvalue weighted by Crippen LogP contribution is 2.29. The summed E-state index contributed by atoms with van der Waals surface area (Å²) in [7, 11) is 0. The van der Waals surface area contributed by atoms with Gasteiger partial charge in [0.1, 0.15) is 0 Å². The summed E-state index contributed by atoms with van der Waals surface area (Å²) >= 11 is 12.6. The molecule has 2 aromatic heterocycles. The van der Waals surface area contributed by atoms with Crippen LogP contribution < -0.4 is 10.6 Å². The number of hydrogen-bond acceptors (Lipinski definition) is 6. The number of rotatable bonds is 12. The van der Waals surface area contributed by atoms with E-state index in [2.05, 4.69) is 154 Å². The SMILES string of the molecule is Cl.Cl.Clc1ccc2c(CNC3CCN(Cc4ccccc4)CC3)cc(-c3ccccc3)nc2c1.Clc1ccc2c(CNC3CCN(Cc4ccccc4)CC3)cc(-c3ccccc3)nc2c1. The smallest absolute Gasteiger partial charge is 0.0727 e. The van der Waals surface area contributed by atoms with E-state index in [0.717, 1.165) is 96.0 Å². The van der Waals surface area contributed by atoms with Crippen molar-refractivity contribution in [3.8, 4) is 22.5 Å². The summed E-state index contributed by atoms with van der Waals surface area (Å²) in [5.41, 5.74) is 11.5. The molecule has 0 radical (unpaired) electrons. The Morgan fingerprint density at radius 2 is 0.788 bits per heavy atom. The predicted octanol–water partition coefficient (Wildman–Crippen LogP) is 13.5. The van der Waals surface area contributed by atoms with Gasteiger partial charge in [-0.2, -0.15) is 0 Å². The highest BCUT2D eigenvalue weighted by atomic mass is 35.5. The van der Waals surface area contributed by atoms with Crippen LogP contribution in [0.4, 0.5) is 0 Å². The van der Waals surface area contributed by atoms with Crippen molar-refractivity contribution in [1.29, 1.82) is 0 Å². The van der Waals surface area contributed by atoms with Crippen molar-refractivity contribution < 1.29 is 0 Å². The Morgan fingerprint density at radius 1 is 0.439 bits per heavy atom. The molecule has 6 nitrogen and oxygen atoms in total. The molecule has 0 unspecified atom stereocenters. The molecule has 0 bridgehead atoms. The molecule has 10 heteroatoms. The topological polar surface area (TPSA) is 56.3 Å². The van der Waals surface area contributed by atoms with Crippen molar-refractivity contribution >= 4 is 69.8 Å². The number of nitrogens with zero attached hydrogens (tertiary/aromatic N) is 4. The summed E-state index contributed by atoms with van der Waals surface area (Å²) in [5.74, 6) is 0. The van der Waals surface area contributed by atoms with Gasteiger partial charge in [0.15, 0.2) is 0 Å². The number of piperidine rings is 2. The molecule has 2 fully saturated rings. The number of pyridine rings is 2. The minimum Gasteiger partial charge on any atom is -0.310 e. The second kappa shape index (κ2) is 24.2. The third kappa shape index (κ3) is 13.2. The number of aromatic nitrogens is 2. The molecule has 4 heterocycles. The molecule has 10 rings (SSSR count). The number of halogens is 4. The average molecular weight is 957 g/mol. The second-order valence-electron chi connectivity index (χ2n) is 17.2. The molecule has 0 atom stereocenters. The highest BCUT2D eigenvalue weighted by Gasteiger charge is 2.21. The van der Waals surface area contributed by atoms with E-state index in [9.17, 15) is 0 Å². The zero-order chi connectivity index (χ0) is 43.5. The molecule has 340 valence electrons. The van der Waals surface area contributed by atoms with Gasteiger partial charge < -0.3 is 10.6 Å². The average Bonchev–Trinajstić information content (AvgIpc) is 3.34. The Kier molecular flexibility index (Phi) is 18.0. The zero-order valence-electron chi connectivity index (χ0n) is 37.2. The summed E-state index contributed by atoms with van der Waals surface area (Å²) in [4.78, 5) is 14.9. The van der Waals surface area contributed by atoms with Crippen LogP contribution in [0.5, 0.6) is 0 Å². The van der Waals surface area contributed by atoms with E-state index in [1.807, 2.05) is 36.4 Å². The van der Waals surface area contributed by atoms with E-state index in [4.69, 9.17) is 33.2 Å². The van der Waals surface area contributed by atoms with Crippen molar-refractivity contribution in [2.45, 2.75) is 63.9 Å². The van der Waals surface area contributed by atoms with E-state index in [1.165, 1.54) is 58.7 Å². The summed E-state index contributed by atoms with van der Waals surface area (Å²) in [6, 6.07) is 59.8. The van der Waals surface area contributed by atoms with Crippen LogP contribution in [0, 0.1) is 0 Å². The van der Waals surface area contributed by atoms with Crippen molar-refractivity contribution in [2.24, 2.45) is 0 Å². The van der Waals surface area contributed by atoms with Crippen LogP contribution >= 0.6 is 48.0 Å². The van der Waals surface area contributed by atoms with Crippen molar-refractivity contribution in [3.63, 3.8) is 0 Å². The van der Waals surface area contributed by atoms with E-state index < -0.39 is 0 Å². The molecule has 0 amide bonds. The van der Waals surface area contributed by atoms with Gasteiger partial charge >= 0.3 is 0 Å². The van der Waals surface area contributed by atoms with Gasteiger partial charge in [-0.1, -0.05) is 157 Å². The molecule has 8 aromatic rings. The fourth-order valence-corrected chi connectivity index (χ4v) is 9.47. The Balaban J connectivity index is 0.000000191. The van der Waals surface area contributed by atoms with Gasteiger partial charge in [-0.25, -0.2) is 9.97 Å². The number of benzene rings is 6. The van der Waals surface area contributed by atoms with Crippen LogP contribution in [0.15, 0.2) is 170 Å². The van der Waals surface area contributed by atoms with E-state index in [0.29, 0.717) is 12.1 Å². The maximum absolute atomic E-state index is 6.28. The molecule has 0 saturated carbocycles. The van der Waals surface area contributed by atoms with Gasteiger partial charge in [0.25, 0.3) is 0 Å². The largest absolute Gasteiger partial charge is 0.310 e. The van der Waals surface area contributed by atoms with Crippen LogP contribution in [-0.4, -0.2) is 58.0 Å². The van der Waals surface area contributed by atoms with E-state index in [1.54, 1.807) is 0 Å². The quantitative estimate of drug-likeness (QED) is 0.127. The molecular formula is C56H58Cl4N6. The summed E-state index contributed by atoms with van der Waals surface area (Å²) in [6.07, 6.45) is 4.70. The maximum Gasteiger partial charge on any atom is 0.0727 e. The van der Waals surface area contributed by atoms with Crippen molar-refractivity contribution in [3.05, 3.63) is 202 Å². The van der Waals surface area contributed by atoms with Crippen LogP contribution in [0.2, 0.25) is 10.0 Å². The summed E-state index contributed by atoms with van der Waals surface area (Å²) in [6.45, 7) is 8.30. The molecule has 0 aliphatic carbocycles. The predicted molar refractivity (Wildman–Crippen MR) is 282 cm³/mol. The van der Waals surface area contributed by atoms with E-state index >= 15 is 0 Å². The lowest BCUT2D eigenvalue weighted by molar-refractivity contribution is 0.190. The van der Waals surface area contributed by atoms with Crippen molar-refractivity contribution in [2.75, 3.05) is 26.2 Å². The van der Waals surface area contributed by atoms with Gasteiger partial charge in [0.2, 0.25) is 0 Å². The first-order valence-electron chi connectivity index (χ1n) is 22.8. The van der Waals surface area contributed by atoms with Crippen molar-refractivity contribution in [1.82, 2.24) is 30.4 Å². The van der Waals surface area contributed by atoms with Crippen LogP contribution in [-0.2, 0) is 26.2 Å². The first-order chi connectivity index (χ1) is 31.5. The molecule has 2 N–H and O–H groups in total. The fourth-order valence-electron chi connectivity index (χ4n) is 9.14. The first-order valence-corrected chi connectivity index (χ1v) is 23.5. The van der Waals surface area contributed by atoms with Crippen LogP contribution in [0.1, 0.15) is 47.9 Å². The molecule has 66 heavy (non-hydrogen) atoms. The lowest BCUT2D eigenvalue weighted by Crippen LogP contribution is -2.41. The van der Waals surface area contributed by atoms with E-state index in [-0.39, 0.29) is 24.8 Å². The normalized spacial score (nSPS) is 14.8. The molecule has 2 aliphatic heterocycles. The Bertz CT molecular complexity index is 2540. The third-order valence-corrected chi connectivity index (χ3v) is 13.2. The first kappa shape index (κ1) is 49.1. The summed E-state index contributed by atoms with van der Waals surface area (Å²) in [5, 5.41) is 11.4. The van der Waals surface area contributed by atoms with Crippen LogP contribution in [0.25, 0.3) is 44.3 Å². The minimum absolute atomic E-state index is 0.